The number of carbonyl (C=O) groups excluding carboxylic acids is 2. The molecule has 0 bridgehead atoms. The van der Waals surface area contributed by atoms with E-state index in [9.17, 15) is 9.59 Å². The first-order valence-electron chi connectivity index (χ1n) is 19.6. The van der Waals surface area contributed by atoms with Gasteiger partial charge in [-0.25, -0.2) is 9.48 Å². The summed E-state index contributed by atoms with van der Waals surface area (Å²) in [6.45, 7) is 32.1. The summed E-state index contributed by atoms with van der Waals surface area (Å²) in [5.41, 5.74) is 5.17. The van der Waals surface area contributed by atoms with Gasteiger partial charge in [-0.05, 0) is 89.6 Å². The van der Waals surface area contributed by atoms with Gasteiger partial charge in [0.25, 0.3) is 5.91 Å². The van der Waals surface area contributed by atoms with Gasteiger partial charge in [0.15, 0.2) is 0 Å². The molecule has 2 aromatic heterocycles. The zero-order chi connectivity index (χ0) is 39.1. The fraction of sp³-hybridized carbons (Fsp3) is 0.683. The SMILES string of the molecule is CC1(C)CCc2c(-c3cc4ccc(C(=O)N5CCN(C(=O)OC(C)(C)C)CC5(C)C)cc4n3COCC[Si](C)(C)C)nn(COCC[Si](C)(C)C)c2C1. The minimum atomic E-state index is -1.29. The van der Waals surface area contributed by atoms with Gasteiger partial charge in [-0.2, -0.15) is 5.10 Å². The average Bonchev–Trinajstić information content (AvgIpc) is 3.55. The number of aromatic nitrogens is 3. The van der Waals surface area contributed by atoms with Crippen molar-refractivity contribution in [1.82, 2.24) is 24.1 Å². The molecule has 2 amide bonds. The van der Waals surface area contributed by atoms with Crippen molar-refractivity contribution in [2.75, 3.05) is 32.8 Å². The molecule has 5 rings (SSSR count). The molecule has 1 saturated heterocycles. The summed E-state index contributed by atoms with van der Waals surface area (Å²) in [7, 11) is -2.51. The molecule has 0 radical (unpaired) electrons. The van der Waals surface area contributed by atoms with E-state index in [0.717, 1.165) is 60.2 Å². The summed E-state index contributed by atoms with van der Waals surface area (Å²) in [6.07, 6.45) is 2.66. The lowest BCUT2D eigenvalue weighted by atomic mass is 9.76. The number of hydrogen-bond acceptors (Lipinski definition) is 6. The third-order valence-corrected chi connectivity index (χ3v) is 13.9. The van der Waals surface area contributed by atoms with Crippen molar-refractivity contribution in [3.05, 3.63) is 41.1 Å². The lowest BCUT2D eigenvalue weighted by Crippen LogP contribution is -2.62. The number of fused-ring (bicyclic) bond motifs is 2. The normalized spacial score (nSPS) is 17.7. The molecule has 53 heavy (non-hydrogen) atoms. The van der Waals surface area contributed by atoms with Crippen LogP contribution in [0.3, 0.4) is 0 Å². The van der Waals surface area contributed by atoms with Crippen molar-refractivity contribution in [1.29, 1.82) is 0 Å². The second kappa shape index (κ2) is 15.3. The molecule has 3 heterocycles. The van der Waals surface area contributed by atoms with Gasteiger partial charge in [-0.1, -0.05) is 59.2 Å². The largest absolute Gasteiger partial charge is 0.444 e. The van der Waals surface area contributed by atoms with Crippen LogP contribution in [0.15, 0.2) is 24.3 Å². The average molecular weight is 766 g/mol. The Labute approximate surface area is 320 Å². The third kappa shape index (κ3) is 10.4. The van der Waals surface area contributed by atoms with Gasteiger partial charge in [0.05, 0.1) is 16.7 Å². The Morgan fingerprint density at radius 3 is 2.13 bits per heavy atom. The monoisotopic (exact) mass is 765 g/mol. The fourth-order valence-electron chi connectivity index (χ4n) is 7.27. The second-order valence-electron chi connectivity index (χ2n) is 20.2. The molecule has 0 N–H and O–H groups in total. The first-order chi connectivity index (χ1) is 24.4. The van der Waals surface area contributed by atoms with Crippen molar-refractivity contribution >= 4 is 39.1 Å². The lowest BCUT2D eigenvalue weighted by molar-refractivity contribution is -0.0108. The van der Waals surface area contributed by atoms with Crippen molar-refractivity contribution in [3.8, 4) is 11.4 Å². The highest BCUT2D eigenvalue weighted by Crippen LogP contribution is 2.41. The summed E-state index contributed by atoms with van der Waals surface area (Å²) in [5, 5.41) is 6.34. The van der Waals surface area contributed by atoms with Gasteiger partial charge in [0.2, 0.25) is 0 Å². The van der Waals surface area contributed by atoms with E-state index in [-0.39, 0.29) is 17.4 Å². The summed E-state index contributed by atoms with van der Waals surface area (Å²) in [5.74, 6) is -0.0472. The Morgan fingerprint density at radius 1 is 0.887 bits per heavy atom. The number of rotatable bonds is 12. The van der Waals surface area contributed by atoms with E-state index in [0.29, 0.717) is 45.3 Å². The fourth-order valence-corrected chi connectivity index (χ4v) is 8.78. The zero-order valence-electron chi connectivity index (χ0n) is 35.1. The van der Waals surface area contributed by atoms with Crippen LogP contribution in [0, 0.1) is 5.41 Å². The van der Waals surface area contributed by atoms with Gasteiger partial charge in [0, 0.05) is 71.2 Å². The predicted octanol–water partition coefficient (Wildman–Crippen LogP) is 9.12. The first-order valence-corrected chi connectivity index (χ1v) is 27.0. The van der Waals surface area contributed by atoms with Gasteiger partial charge < -0.3 is 28.6 Å². The van der Waals surface area contributed by atoms with Crippen LogP contribution in [0.4, 0.5) is 4.79 Å². The molecule has 10 nitrogen and oxygen atoms in total. The maximum absolute atomic E-state index is 14.3. The Morgan fingerprint density at radius 2 is 1.53 bits per heavy atom. The molecule has 294 valence electrons. The highest BCUT2D eigenvalue weighted by Gasteiger charge is 2.40. The topological polar surface area (TPSA) is 91.1 Å². The summed E-state index contributed by atoms with van der Waals surface area (Å²) < 4.78 is 22.7. The van der Waals surface area contributed by atoms with E-state index in [2.05, 4.69) is 74.5 Å². The number of amides is 2. The van der Waals surface area contributed by atoms with E-state index >= 15 is 0 Å². The lowest BCUT2D eigenvalue weighted by Gasteiger charge is -2.47. The molecule has 3 aromatic rings. The summed E-state index contributed by atoms with van der Waals surface area (Å²) >= 11 is 0. The van der Waals surface area contributed by atoms with Gasteiger partial charge in [-0.3, -0.25) is 4.79 Å². The molecular weight excluding hydrogens is 699 g/mol. The Bertz CT molecular complexity index is 1790. The maximum Gasteiger partial charge on any atom is 0.410 e. The molecule has 1 aromatic carbocycles. The van der Waals surface area contributed by atoms with Crippen LogP contribution < -0.4 is 0 Å². The van der Waals surface area contributed by atoms with Crippen molar-refractivity contribution in [2.45, 2.75) is 144 Å². The highest BCUT2D eigenvalue weighted by atomic mass is 28.3. The van der Waals surface area contributed by atoms with E-state index in [4.69, 9.17) is 19.3 Å². The van der Waals surface area contributed by atoms with Crippen LogP contribution >= 0.6 is 0 Å². The summed E-state index contributed by atoms with van der Waals surface area (Å²) in [6, 6.07) is 10.4. The highest BCUT2D eigenvalue weighted by molar-refractivity contribution is 6.76. The molecule has 2 aliphatic rings. The third-order valence-electron chi connectivity index (χ3n) is 10.5. The van der Waals surface area contributed by atoms with E-state index in [1.807, 2.05) is 51.7 Å². The minimum Gasteiger partial charge on any atom is -0.444 e. The number of nitrogens with zero attached hydrogens (tertiary/aromatic N) is 5. The number of carbonyl (C=O) groups is 2. The zero-order valence-corrected chi connectivity index (χ0v) is 37.1. The molecule has 0 atom stereocenters. The van der Waals surface area contributed by atoms with E-state index in [1.54, 1.807) is 4.90 Å². The summed E-state index contributed by atoms with van der Waals surface area (Å²) in [4.78, 5) is 30.8. The molecule has 0 saturated carbocycles. The molecule has 1 aliphatic carbocycles. The molecule has 12 heteroatoms. The second-order valence-corrected chi connectivity index (χ2v) is 31.5. The Kier molecular flexibility index (Phi) is 11.9. The number of hydrogen-bond donors (Lipinski definition) is 0. The number of benzene rings is 1. The van der Waals surface area contributed by atoms with Crippen molar-refractivity contribution in [2.24, 2.45) is 5.41 Å². The molecule has 1 fully saturated rings. The van der Waals surface area contributed by atoms with Crippen LogP contribution in [0.5, 0.6) is 0 Å². The van der Waals surface area contributed by atoms with Crippen LogP contribution in [0.25, 0.3) is 22.3 Å². The van der Waals surface area contributed by atoms with Gasteiger partial charge >= 0.3 is 6.09 Å². The maximum atomic E-state index is 14.3. The quantitative estimate of drug-likeness (QED) is 0.135. The van der Waals surface area contributed by atoms with Crippen LogP contribution in [-0.4, -0.2) is 96.3 Å². The van der Waals surface area contributed by atoms with Gasteiger partial charge in [-0.15, -0.1) is 0 Å². The van der Waals surface area contributed by atoms with E-state index < -0.39 is 27.3 Å². The number of piperazine rings is 1. The number of ether oxygens (including phenoxy) is 3. The van der Waals surface area contributed by atoms with Gasteiger partial charge in [0.1, 0.15) is 24.8 Å². The smallest absolute Gasteiger partial charge is 0.410 e. The molecule has 1 aliphatic heterocycles. The van der Waals surface area contributed by atoms with E-state index in [1.165, 1.54) is 11.3 Å². The van der Waals surface area contributed by atoms with Crippen molar-refractivity contribution < 1.29 is 23.8 Å². The first kappa shape index (κ1) is 41.2. The molecule has 0 spiro atoms. The van der Waals surface area contributed by atoms with Crippen LogP contribution in [-0.2, 0) is 40.5 Å². The molecular formula is C41H67N5O5Si2. The minimum absolute atomic E-state index is 0.0472. The standard InChI is InChI=1S/C41H67N5O5Si2/c1-39(2,3)51-38(48)43-18-19-45(41(6,7)27-43)37(47)31-15-14-30-24-34(44(33(30)25-31)28-49-20-22-52(8,9)10)36-32-16-17-40(4,5)26-35(32)46(42-36)29-50-21-23-53(11,12)13/h14-15,24-25H,16-23,26-29H2,1-13H3. The van der Waals surface area contributed by atoms with Crippen LogP contribution in [0.1, 0.15) is 76.5 Å². The Hall–Kier alpha value is -2.94. The molecule has 0 unspecified atom stereocenters. The predicted molar refractivity (Wildman–Crippen MR) is 220 cm³/mol. The Balaban J connectivity index is 1.49. The van der Waals surface area contributed by atoms with Crippen LogP contribution in [0.2, 0.25) is 51.4 Å². The van der Waals surface area contributed by atoms with Crippen molar-refractivity contribution in [3.63, 3.8) is 0 Å².